The number of nitrogens with zero attached hydrogens (tertiary/aromatic N) is 4. The fourth-order valence-corrected chi connectivity index (χ4v) is 3.47. The molecule has 3 heterocycles. The summed E-state index contributed by atoms with van der Waals surface area (Å²) in [5.41, 5.74) is 2.80. The van der Waals surface area contributed by atoms with E-state index in [2.05, 4.69) is 26.3 Å². The Balaban J connectivity index is 1.81. The first-order chi connectivity index (χ1) is 12.9. The van der Waals surface area contributed by atoms with E-state index in [0.717, 1.165) is 30.6 Å². The van der Waals surface area contributed by atoms with Gasteiger partial charge in [-0.05, 0) is 45.2 Å². The maximum absolute atomic E-state index is 12.6. The summed E-state index contributed by atoms with van der Waals surface area (Å²) in [5, 5.41) is 12.1. The topological polar surface area (TPSA) is 115 Å². The number of anilines is 1. The molecule has 2 aromatic rings. The summed E-state index contributed by atoms with van der Waals surface area (Å²) in [6.07, 6.45) is 3.05. The molecule has 0 aromatic carbocycles. The second kappa shape index (κ2) is 7.58. The number of hydrogen-bond acceptors (Lipinski definition) is 6. The summed E-state index contributed by atoms with van der Waals surface area (Å²) in [7, 11) is 0. The number of pyridine rings is 1. The van der Waals surface area contributed by atoms with Gasteiger partial charge in [0.15, 0.2) is 0 Å². The largest absolute Gasteiger partial charge is 0.346 e. The molecule has 3 rings (SSSR count). The minimum absolute atomic E-state index is 0.115. The van der Waals surface area contributed by atoms with Crippen molar-refractivity contribution in [3.8, 4) is 6.07 Å². The molecule has 1 aliphatic heterocycles. The van der Waals surface area contributed by atoms with Crippen molar-refractivity contribution in [2.45, 2.75) is 46.2 Å². The third-order valence-electron chi connectivity index (χ3n) is 4.87. The van der Waals surface area contributed by atoms with Gasteiger partial charge < -0.3 is 15.2 Å². The molecule has 1 saturated heterocycles. The molecule has 8 heteroatoms. The fraction of sp³-hybridized carbons (Fsp3) is 0.421. The zero-order valence-electron chi connectivity index (χ0n) is 15.7. The number of aromatic amines is 1. The second-order valence-corrected chi connectivity index (χ2v) is 6.78. The first-order valence-electron chi connectivity index (χ1n) is 8.87. The molecule has 0 aliphatic carbocycles. The SMILES string of the molecule is Cc1cc(C)c(CNC(=O)c2ncnc(N3CCCC3C#N)c2C)c(=O)[nH]1. The van der Waals surface area contributed by atoms with Crippen molar-refractivity contribution in [2.75, 3.05) is 11.4 Å². The molecule has 140 valence electrons. The van der Waals surface area contributed by atoms with Crippen LogP contribution in [0.4, 0.5) is 5.82 Å². The molecule has 1 unspecified atom stereocenters. The maximum atomic E-state index is 12.6. The Bertz CT molecular complexity index is 975. The molecule has 8 nitrogen and oxygen atoms in total. The molecule has 0 spiro atoms. The Morgan fingerprint density at radius 2 is 2.19 bits per heavy atom. The molecular formula is C19H22N6O2. The van der Waals surface area contributed by atoms with Crippen molar-refractivity contribution < 1.29 is 4.79 Å². The van der Waals surface area contributed by atoms with Gasteiger partial charge in [0.2, 0.25) is 0 Å². The lowest BCUT2D eigenvalue weighted by Gasteiger charge is -2.23. The van der Waals surface area contributed by atoms with Gasteiger partial charge in [-0.15, -0.1) is 0 Å². The Kier molecular flexibility index (Phi) is 5.21. The number of aryl methyl sites for hydroxylation is 2. The van der Waals surface area contributed by atoms with Gasteiger partial charge in [0.05, 0.1) is 6.07 Å². The molecule has 0 bridgehead atoms. The van der Waals surface area contributed by atoms with Gasteiger partial charge in [-0.25, -0.2) is 9.97 Å². The standard InChI is InChI=1S/C19H22N6O2/c1-11-7-12(2)24-18(26)15(11)9-21-19(27)16-13(3)17(23-10-22-16)25-6-4-5-14(25)8-20/h7,10,14H,4-6,9H2,1-3H3,(H,21,27)(H,24,26). The van der Waals surface area contributed by atoms with Crippen molar-refractivity contribution in [2.24, 2.45) is 0 Å². The Labute approximate surface area is 157 Å². The van der Waals surface area contributed by atoms with Crippen LogP contribution in [0.25, 0.3) is 0 Å². The number of H-pyrrole nitrogens is 1. The highest BCUT2D eigenvalue weighted by Crippen LogP contribution is 2.27. The summed E-state index contributed by atoms with van der Waals surface area (Å²) in [4.78, 5) is 37.8. The highest BCUT2D eigenvalue weighted by molar-refractivity contribution is 5.94. The van der Waals surface area contributed by atoms with E-state index >= 15 is 0 Å². The van der Waals surface area contributed by atoms with E-state index in [1.807, 2.05) is 24.8 Å². The van der Waals surface area contributed by atoms with E-state index < -0.39 is 0 Å². The van der Waals surface area contributed by atoms with Crippen LogP contribution in [0.1, 0.15) is 45.7 Å². The van der Waals surface area contributed by atoms with Crippen LogP contribution in [0.3, 0.4) is 0 Å². The highest BCUT2D eigenvalue weighted by Gasteiger charge is 2.28. The van der Waals surface area contributed by atoms with Crippen LogP contribution in [-0.2, 0) is 6.54 Å². The predicted molar refractivity (Wildman–Crippen MR) is 100 cm³/mol. The second-order valence-electron chi connectivity index (χ2n) is 6.78. The molecule has 0 radical (unpaired) electrons. The zero-order chi connectivity index (χ0) is 19.6. The Morgan fingerprint density at radius 1 is 1.41 bits per heavy atom. The summed E-state index contributed by atoms with van der Waals surface area (Å²) in [6, 6.07) is 3.91. The van der Waals surface area contributed by atoms with Gasteiger partial charge in [0, 0.05) is 29.9 Å². The summed E-state index contributed by atoms with van der Waals surface area (Å²) >= 11 is 0. The number of aromatic nitrogens is 3. The number of nitrogens with one attached hydrogen (secondary N) is 2. The lowest BCUT2D eigenvalue weighted by atomic mass is 10.1. The quantitative estimate of drug-likeness (QED) is 0.848. The lowest BCUT2D eigenvalue weighted by Crippen LogP contribution is -2.32. The van der Waals surface area contributed by atoms with E-state index in [1.54, 1.807) is 6.92 Å². The van der Waals surface area contributed by atoms with Gasteiger partial charge in [-0.2, -0.15) is 5.26 Å². The molecule has 0 saturated carbocycles. The average molecular weight is 366 g/mol. The van der Waals surface area contributed by atoms with Crippen LogP contribution in [-0.4, -0.2) is 33.4 Å². The van der Waals surface area contributed by atoms with E-state index in [0.29, 0.717) is 16.9 Å². The minimum Gasteiger partial charge on any atom is -0.346 e. The Morgan fingerprint density at radius 3 is 2.89 bits per heavy atom. The Hall–Kier alpha value is -3.21. The zero-order valence-corrected chi connectivity index (χ0v) is 15.7. The molecule has 2 aromatic heterocycles. The smallest absolute Gasteiger partial charge is 0.270 e. The van der Waals surface area contributed by atoms with Gasteiger partial charge in [0.25, 0.3) is 11.5 Å². The van der Waals surface area contributed by atoms with Crippen molar-refractivity contribution in [3.05, 3.63) is 50.8 Å². The van der Waals surface area contributed by atoms with Crippen molar-refractivity contribution in [1.82, 2.24) is 20.3 Å². The molecular weight excluding hydrogens is 344 g/mol. The van der Waals surface area contributed by atoms with E-state index in [4.69, 9.17) is 0 Å². The summed E-state index contributed by atoms with van der Waals surface area (Å²) in [5.74, 6) is 0.242. The minimum atomic E-state index is -0.372. The van der Waals surface area contributed by atoms with Gasteiger partial charge >= 0.3 is 0 Å². The third-order valence-corrected chi connectivity index (χ3v) is 4.87. The molecule has 2 N–H and O–H groups in total. The summed E-state index contributed by atoms with van der Waals surface area (Å²) in [6.45, 7) is 6.28. The van der Waals surface area contributed by atoms with E-state index in [9.17, 15) is 14.9 Å². The monoisotopic (exact) mass is 366 g/mol. The number of hydrogen-bond donors (Lipinski definition) is 2. The predicted octanol–water partition coefficient (Wildman–Crippen LogP) is 1.51. The fourth-order valence-electron chi connectivity index (χ4n) is 3.47. The van der Waals surface area contributed by atoms with Crippen LogP contribution < -0.4 is 15.8 Å². The molecule has 27 heavy (non-hydrogen) atoms. The lowest BCUT2D eigenvalue weighted by molar-refractivity contribution is 0.0945. The average Bonchev–Trinajstić information content (AvgIpc) is 3.09. The van der Waals surface area contributed by atoms with Crippen LogP contribution in [0.15, 0.2) is 17.2 Å². The van der Waals surface area contributed by atoms with Crippen LogP contribution in [0.2, 0.25) is 0 Å². The van der Waals surface area contributed by atoms with E-state index in [-0.39, 0.29) is 29.7 Å². The summed E-state index contributed by atoms with van der Waals surface area (Å²) < 4.78 is 0. The maximum Gasteiger partial charge on any atom is 0.270 e. The molecule has 1 atom stereocenters. The third kappa shape index (κ3) is 3.67. The van der Waals surface area contributed by atoms with Gasteiger partial charge in [0.1, 0.15) is 23.9 Å². The first kappa shape index (κ1) is 18.6. The normalized spacial score (nSPS) is 16.2. The molecule has 1 amide bonds. The number of nitriles is 1. The first-order valence-corrected chi connectivity index (χ1v) is 8.87. The van der Waals surface area contributed by atoms with Gasteiger partial charge in [-0.1, -0.05) is 0 Å². The van der Waals surface area contributed by atoms with Crippen LogP contribution in [0.5, 0.6) is 0 Å². The molecule has 1 fully saturated rings. The van der Waals surface area contributed by atoms with Crippen molar-refractivity contribution >= 4 is 11.7 Å². The molecule has 1 aliphatic rings. The van der Waals surface area contributed by atoms with Crippen LogP contribution in [0, 0.1) is 32.1 Å². The highest BCUT2D eigenvalue weighted by atomic mass is 16.2. The van der Waals surface area contributed by atoms with E-state index in [1.165, 1.54) is 6.33 Å². The van der Waals surface area contributed by atoms with Crippen molar-refractivity contribution in [1.29, 1.82) is 5.26 Å². The van der Waals surface area contributed by atoms with Crippen molar-refractivity contribution in [3.63, 3.8) is 0 Å². The number of carbonyl (C=O) groups excluding carboxylic acids is 1. The van der Waals surface area contributed by atoms with Gasteiger partial charge in [-0.3, -0.25) is 9.59 Å². The van der Waals surface area contributed by atoms with Crippen LogP contribution >= 0.6 is 0 Å². The number of carbonyl (C=O) groups is 1. The number of rotatable bonds is 4. The number of amides is 1.